The molecule has 3 heterocycles. The summed E-state index contributed by atoms with van der Waals surface area (Å²) >= 11 is -0.349. The van der Waals surface area contributed by atoms with Gasteiger partial charge in [0.2, 0.25) is 6.15 Å². The van der Waals surface area contributed by atoms with Crippen molar-refractivity contribution in [1.29, 1.82) is 0 Å². The number of hydrogen-bond donors (Lipinski definition) is 0. The molecule has 269 valence electrons. The molecule has 52 heavy (non-hydrogen) atoms. The maximum absolute atomic E-state index is 14.4. The number of alkyl halides is 4. The predicted molar refractivity (Wildman–Crippen MR) is 207 cm³/mol. The summed E-state index contributed by atoms with van der Waals surface area (Å²) < 4.78 is 73.0. The number of fused-ring (bicyclic) bond motifs is 3. The largest absolute Gasteiger partial charge is 0.423 e. The van der Waals surface area contributed by atoms with E-state index >= 15 is 0 Å². The number of aryl methyl sites for hydroxylation is 1. The molecular weight excluding hydrogens is 917 g/mol. The molecule has 9 heteroatoms. The van der Waals surface area contributed by atoms with Gasteiger partial charge in [0.25, 0.3) is 0 Å². The fourth-order valence-electron chi connectivity index (χ4n) is 6.10. The smallest absolute Gasteiger partial charge is 0.305 e. The van der Waals surface area contributed by atoms with E-state index in [1.807, 2.05) is 80.6 Å². The quantitative estimate of drug-likeness (QED) is 0.0943. The zero-order valence-electron chi connectivity index (χ0n) is 31.5. The van der Waals surface area contributed by atoms with Crippen LogP contribution in [0.25, 0.3) is 53.8 Å². The van der Waals surface area contributed by atoms with Crippen molar-refractivity contribution in [3.8, 4) is 33.6 Å². The first-order valence-corrected chi connectivity index (χ1v) is 24.7. The van der Waals surface area contributed by atoms with E-state index in [-0.39, 0.29) is 25.8 Å². The number of hydrogen-bond acceptors (Lipinski definition) is 3. The van der Waals surface area contributed by atoms with Crippen molar-refractivity contribution in [2.24, 2.45) is 0 Å². The molecule has 0 aliphatic carbocycles. The van der Waals surface area contributed by atoms with Crippen molar-refractivity contribution < 1.29 is 40.4 Å². The summed E-state index contributed by atoms with van der Waals surface area (Å²) in [4.78, 5) is 8.78. The summed E-state index contributed by atoms with van der Waals surface area (Å²) in [6.45, 7) is 5.82. The summed E-state index contributed by atoms with van der Waals surface area (Å²) in [5.41, 5.74) is 5.91. The molecule has 4 aromatic carbocycles. The Morgan fingerprint density at radius 3 is 2.19 bits per heavy atom. The molecule has 0 saturated heterocycles. The van der Waals surface area contributed by atoms with Crippen LogP contribution in [-0.4, -0.2) is 29.4 Å². The fourth-order valence-corrected chi connectivity index (χ4v) is 11.0. The first-order valence-electron chi connectivity index (χ1n) is 17.5. The van der Waals surface area contributed by atoms with E-state index in [9.17, 15) is 17.6 Å². The number of halogens is 4. The molecule has 1 atom stereocenters. The molecular formula is C43H38F4GeIrN2S-2. The minimum Gasteiger partial charge on any atom is -0.305 e. The Balaban J connectivity index is 0.000000262. The molecule has 0 spiro atoms. The van der Waals surface area contributed by atoms with Crippen LogP contribution in [0.1, 0.15) is 45.3 Å². The number of aromatic nitrogens is 2. The second-order valence-corrected chi connectivity index (χ2v) is 25.2. The molecule has 0 amide bonds. The molecule has 3 aromatic heterocycles. The molecule has 0 aliphatic heterocycles. The SMILES string of the molecule is Cc1cc(-c2[c-]cccc2)nc[c]1[Ge]([CH3])([CH3])[CH3].[2H]C(C)(C)c1cc(-c2ccccc2)c2c(c1)sc1c(-c3cc(C([2H])(F)C(F)(F)F)ccn3)[c-]ccc12.[Ir]. The number of benzene rings is 4. The third kappa shape index (κ3) is 8.57. The van der Waals surface area contributed by atoms with Crippen LogP contribution in [0, 0.1) is 19.1 Å². The Kier molecular flexibility index (Phi) is 11.4. The van der Waals surface area contributed by atoms with Crippen LogP contribution in [0.2, 0.25) is 17.3 Å². The average molecular weight is 958 g/mol. The van der Waals surface area contributed by atoms with E-state index in [1.54, 1.807) is 6.07 Å². The van der Waals surface area contributed by atoms with E-state index in [1.165, 1.54) is 21.3 Å². The summed E-state index contributed by atoms with van der Waals surface area (Å²) in [6, 6.07) is 35.6. The van der Waals surface area contributed by atoms with Crippen molar-refractivity contribution in [1.82, 2.24) is 9.97 Å². The Labute approximate surface area is 325 Å². The van der Waals surface area contributed by atoms with Gasteiger partial charge >= 0.3 is 112 Å². The standard InChI is InChI=1S/C28H20F4NS.C15H18GeN.Ir/c1-16(2)19-13-22(17-7-4-3-5-8-17)25-21-10-6-9-20(26(21)34-24(25)15-19)23-14-18(11-12-33-23)27(29)28(30,31)32;1-12-10-15(13-8-6-5-7-9-13)17-11-14(12)16(2,3)4;/h3-8,10-16,27H,1-2H3;5-8,10-11H,1-4H3;/q2*-1;/i16D,27D;;. The zero-order valence-corrected chi connectivity index (χ0v) is 34.8. The van der Waals surface area contributed by atoms with Gasteiger partial charge in [0.1, 0.15) is 0 Å². The molecule has 1 unspecified atom stereocenters. The normalized spacial score (nSPS) is 13.7. The maximum Gasteiger partial charge on any atom is 0.423 e. The van der Waals surface area contributed by atoms with Gasteiger partial charge in [-0.25, -0.2) is 4.39 Å². The number of thiophene rings is 1. The van der Waals surface area contributed by atoms with Gasteiger partial charge in [0.15, 0.2) is 0 Å². The second-order valence-electron chi connectivity index (χ2n) is 13.6. The minimum atomic E-state index is -5.39. The number of nitrogens with zero attached hydrogens (tertiary/aromatic N) is 2. The van der Waals surface area contributed by atoms with E-state index in [0.717, 1.165) is 66.4 Å². The number of pyridine rings is 2. The monoisotopic (exact) mass is 959 g/mol. The topological polar surface area (TPSA) is 25.8 Å². The van der Waals surface area contributed by atoms with E-state index in [4.69, 9.17) is 2.74 Å². The first kappa shape index (κ1) is 36.7. The summed E-state index contributed by atoms with van der Waals surface area (Å²) in [7, 11) is 0. The summed E-state index contributed by atoms with van der Waals surface area (Å²) in [6.07, 6.45) is -6.49. The molecule has 0 saturated carbocycles. The molecule has 0 aliphatic rings. The molecule has 0 bridgehead atoms. The molecule has 7 rings (SSSR count). The van der Waals surface area contributed by atoms with Gasteiger partial charge in [-0.2, -0.15) is 24.5 Å². The van der Waals surface area contributed by atoms with Gasteiger partial charge in [-0.3, -0.25) is 0 Å². The summed E-state index contributed by atoms with van der Waals surface area (Å²) in [5, 5.41) is 1.81. The Morgan fingerprint density at radius 2 is 1.56 bits per heavy atom. The Hall–Kier alpha value is -3.69. The van der Waals surface area contributed by atoms with Gasteiger partial charge in [0.05, 0.1) is 1.37 Å². The third-order valence-corrected chi connectivity index (χ3v) is 14.3. The predicted octanol–water partition coefficient (Wildman–Crippen LogP) is 12.7. The number of rotatable bonds is 6. The Bertz CT molecular complexity index is 2410. The van der Waals surface area contributed by atoms with Gasteiger partial charge in [-0.15, -0.1) is 23.8 Å². The van der Waals surface area contributed by atoms with Crippen LogP contribution in [0.3, 0.4) is 0 Å². The molecule has 7 aromatic rings. The van der Waals surface area contributed by atoms with E-state index in [2.05, 4.69) is 64.6 Å². The van der Waals surface area contributed by atoms with Crippen LogP contribution in [0.4, 0.5) is 17.6 Å². The fraction of sp³-hybridized carbons (Fsp3) is 0.209. The van der Waals surface area contributed by atoms with Crippen molar-refractivity contribution in [2.45, 2.75) is 56.3 Å². The zero-order chi connectivity index (χ0) is 38.3. The first-order chi connectivity index (χ1) is 24.9. The molecule has 2 nitrogen and oxygen atoms in total. The third-order valence-electron chi connectivity index (χ3n) is 8.62. The van der Waals surface area contributed by atoms with Gasteiger partial charge in [-0.1, -0.05) is 61.7 Å². The van der Waals surface area contributed by atoms with Gasteiger partial charge < -0.3 is 4.98 Å². The maximum atomic E-state index is 14.4. The minimum absolute atomic E-state index is 0. The van der Waals surface area contributed by atoms with Crippen LogP contribution in [-0.2, 0) is 20.1 Å². The van der Waals surface area contributed by atoms with Crippen molar-refractivity contribution in [3.63, 3.8) is 0 Å². The van der Waals surface area contributed by atoms with Crippen LogP contribution in [0.5, 0.6) is 0 Å². The van der Waals surface area contributed by atoms with E-state index < -0.39 is 37.0 Å². The van der Waals surface area contributed by atoms with Gasteiger partial charge in [0, 0.05) is 32.4 Å². The van der Waals surface area contributed by atoms with Gasteiger partial charge in [-0.05, 0) is 56.1 Å². The van der Waals surface area contributed by atoms with Crippen LogP contribution >= 0.6 is 11.3 Å². The summed E-state index contributed by atoms with van der Waals surface area (Å²) in [5.74, 6) is 6.35. The molecule has 1 radical (unpaired) electrons. The Morgan fingerprint density at radius 1 is 0.827 bits per heavy atom. The van der Waals surface area contributed by atoms with Crippen molar-refractivity contribution in [2.75, 3.05) is 0 Å². The van der Waals surface area contributed by atoms with Crippen LogP contribution < -0.4 is 4.40 Å². The second kappa shape index (κ2) is 16.1. The van der Waals surface area contributed by atoms with Crippen LogP contribution in [0.15, 0.2) is 109 Å². The molecule has 0 N–H and O–H groups in total. The molecule has 0 fully saturated rings. The van der Waals surface area contributed by atoms with Crippen molar-refractivity contribution in [3.05, 3.63) is 138 Å². The van der Waals surface area contributed by atoms with E-state index in [0.29, 0.717) is 5.56 Å². The average Bonchev–Trinajstić information content (AvgIpc) is 3.50. The van der Waals surface area contributed by atoms with Crippen molar-refractivity contribution >= 4 is 49.2 Å².